The number of carboxylic acid groups (broad SMARTS) is 1. The number of amides is 1. The van der Waals surface area contributed by atoms with Gasteiger partial charge in [0.05, 0.1) is 5.41 Å². The lowest BCUT2D eigenvalue weighted by Gasteiger charge is -2.37. The smallest absolute Gasteiger partial charge is 0.310 e. The molecule has 0 aliphatic heterocycles. The number of hydrogen-bond donors (Lipinski definition) is 2. The van der Waals surface area contributed by atoms with Crippen LogP contribution in [-0.2, 0) is 9.59 Å². The fraction of sp³-hybridized carbons (Fsp3) is 0.529. The third-order valence-electron chi connectivity index (χ3n) is 4.73. The minimum absolute atomic E-state index is 0.0224. The molecule has 114 valence electrons. The van der Waals surface area contributed by atoms with Crippen LogP contribution in [0.4, 0.5) is 0 Å². The zero-order chi connectivity index (χ0) is 15.5. The van der Waals surface area contributed by atoms with Crippen LogP contribution in [0, 0.1) is 5.41 Å². The fourth-order valence-electron chi connectivity index (χ4n) is 2.85. The van der Waals surface area contributed by atoms with Crippen molar-refractivity contribution in [3.8, 4) is 0 Å². The van der Waals surface area contributed by atoms with Gasteiger partial charge >= 0.3 is 5.97 Å². The van der Waals surface area contributed by atoms with E-state index in [0.29, 0.717) is 12.8 Å². The fourth-order valence-corrected chi connectivity index (χ4v) is 2.85. The number of benzene rings is 1. The molecular weight excluding hydrogens is 266 g/mol. The molecular formula is C17H23NO3. The number of rotatable bonds is 6. The minimum Gasteiger partial charge on any atom is -0.481 e. The molecule has 0 saturated heterocycles. The number of aliphatic carboxylic acids is 1. The second kappa shape index (κ2) is 6.29. The molecule has 1 aliphatic carbocycles. The molecule has 2 N–H and O–H groups in total. The summed E-state index contributed by atoms with van der Waals surface area (Å²) in [4.78, 5) is 23.4. The molecule has 2 rings (SSSR count). The van der Waals surface area contributed by atoms with Crippen molar-refractivity contribution in [3.63, 3.8) is 0 Å². The molecule has 0 heterocycles. The third-order valence-corrected chi connectivity index (χ3v) is 4.73. The monoisotopic (exact) mass is 289 g/mol. The minimum atomic E-state index is -0.840. The molecule has 1 aromatic carbocycles. The number of nitrogens with one attached hydrogen (secondary N) is 1. The van der Waals surface area contributed by atoms with Gasteiger partial charge in [-0.3, -0.25) is 9.59 Å². The maximum Gasteiger partial charge on any atom is 0.310 e. The first-order valence-corrected chi connectivity index (χ1v) is 7.52. The molecule has 1 aliphatic rings. The molecule has 1 saturated carbocycles. The molecule has 21 heavy (non-hydrogen) atoms. The van der Waals surface area contributed by atoms with Crippen LogP contribution in [0.15, 0.2) is 30.3 Å². The lowest BCUT2D eigenvalue weighted by atomic mass is 9.66. The van der Waals surface area contributed by atoms with Gasteiger partial charge in [-0.15, -0.1) is 0 Å². The van der Waals surface area contributed by atoms with Gasteiger partial charge in [-0.1, -0.05) is 43.7 Å². The molecule has 0 radical (unpaired) electrons. The molecule has 2 unspecified atom stereocenters. The average Bonchev–Trinajstić information content (AvgIpc) is 2.42. The largest absolute Gasteiger partial charge is 0.481 e. The van der Waals surface area contributed by atoms with Gasteiger partial charge in [-0.25, -0.2) is 0 Å². The van der Waals surface area contributed by atoms with Crippen molar-refractivity contribution < 1.29 is 14.7 Å². The summed E-state index contributed by atoms with van der Waals surface area (Å²) >= 11 is 0. The first-order chi connectivity index (χ1) is 9.94. The molecule has 4 nitrogen and oxygen atoms in total. The van der Waals surface area contributed by atoms with Gasteiger partial charge in [0.1, 0.15) is 0 Å². The van der Waals surface area contributed by atoms with Gasteiger partial charge in [-0.2, -0.15) is 0 Å². The second-order valence-corrected chi connectivity index (χ2v) is 6.17. The molecule has 0 spiro atoms. The predicted molar refractivity (Wildman–Crippen MR) is 81.0 cm³/mol. The van der Waals surface area contributed by atoms with Crippen molar-refractivity contribution in [2.75, 3.05) is 0 Å². The lowest BCUT2D eigenvalue weighted by molar-refractivity contribution is -0.157. The Morgan fingerprint density at radius 3 is 2.33 bits per heavy atom. The lowest BCUT2D eigenvalue weighted by Crippen LogP contribution is -2.45. The normalized spacial score (nSPS) is 19.1. The van der Waals surface area contributed by atoms with E-state index in [4.69, 9.17) is 0 Å². The molecule has 1 fully saturated rings. The summed E-state index contributed by atoms with van der Waals surface area (Å²) in [5, 5.41) is 12.2. The van der Waals surface area contributed by atoms with E-state index in [-0.39, 0.29) is 24.3 Å². The number of hydrogen-bond acceptors (Lipinski definition) is 2. The van der Waals surface area contributed by atoms with Crippen LogP contribution < -0.4 is 5.32 Å². The Morgan fingerprint density at radius 2 is 1.86 bits per heavy atom. The van der Waals surface area contributed by atoms with Crippen molar-refractivity contribution >= 4 is 11.9 Å². The Morgan fingerprint density at radius 1 is 1.24 bits per heavy atom. The van der Waals surface area contributed by atoms with E-state index in [1.165, 1.54) is 5.56 Å². The van der Waals surface area contributed by atoms with E-state index < -0.39 is 11.4 Å². The highest BCUT2D eigenvalue weighted by atomic mass is 16.4. The summed E-state index contributed by atoms with van der Waals surface area (Å²) in [6.45, 7) is 4.03. The Labute approximate surface area is 125 Å². The Hall–Kier alpha value is -1.84. The van der Waals surface area contributed by atoms with E-state index in [9.17, 15) is 14.7 Å². The number of carbonyl (C=O) groups is 2. The van der Waals surface area contributed by atoms with E-state index in [0.717, 1.165) is 6.42 Å². The zero-order valence-corrected chi connectivity index (χ0v) is 12.6. The highest BCUT2D eigenvalue weighted by Gasteiger charge is 2.46. The SMILES string of the molecule is CC(NC(=O)CC1(C(=O)O)CCC1)C(C)c1ccccc1. The highest BCUT2D eigenvalue weighted by Crippen LogP contribution is 2.44. The highest BCUT2D eigenvalue weighted by molar-refractivity contribution is 5.85. The van der Waals surface area contributed by atoms with Gasteiger partial charge in [0.2, 0.25) is 5.91 Å². The first-order valence-electron chi connectivity index (χ1n) is 7.52. The summed E-state index contributed by atoms with van der Waals surface area (Å²) in [6, 6.07) is 9.98. The standard InChI is InChI=1S/C17H23NO3/c1-12(14-7-4-3-5-8-14)13(2)18-15(19)11-17(16(20)21)9-6-10-17/h3-5,7-8,12-13H,6,9-11H2,1-2H3,(H,18,19)(H,20,21). The Bertz CT molecular complexity index is 508. The van der Waals surface area contributed by atoms with Gasteiger partial charge < -0.3 is 10.4 Å². The third kappa shape index (κ3) is 3.43. The van der Waals surface area contributed by atoms with E-state index in [2.05, 4.69) is 12.2 Å². The van der Waals surface area contributed by atoms with Crippen molar-refractivity contribution in [2.45, 2.75) is 51.5 Å². The molecule has 1 aromatic rings. The number of carbonyl (C=O) groups excluding carboxylic acids is 1. The van der Waals surface area contributed by atoms with E-state index >= 15 is 0 Å². The molecule has 1 amide bonds. The van der Waals surface area contributed by atoms with Crippen molar-refractivity contribution in [1.82, 2.24) is 5.32 Å². The summed E-state index contributed by atoms with van der Waals surface area (Å²) in [6.07, 6.45) is 2.21. The number of carboxylic acids is 1. The van der Waals surface area contributed by atoms with Crippen LogP contribution in [0.5, 0.6) is 0 Å². The van der Waals surface area contributed by atoms with E-state index in [1.54, 1.807) is 0 Å². The molecule has 4 heteroatoms. The van der Waals surface area contributed by atoms with Crippen molar-refractivity contribution in [1.29, 1.82) is 0 Å². The van der Waals surface area contributed by atoms with Crippen LogP contribution in [-0.4, -0.2) is 23.0 Å². The zero-order valence-electron chi connectivity index (χ0n) is 12.6. The van der Waals surface area contributed by atoms with E-state index in [1.807, 2.05) is 37.3 Å². The summed E-state index contributed by atoms with van der Waals surface area (Å²) in [7, 11) is 0. The Balaban J connectivity index is 1.92. The average molecular weight is 289 g/mol. The molecule has 2 atom stereocenters. The maximum absolute atomic E-state index is 12.1. The second-order valence-electron chi connectivity index (χ2n) is 6.17. The van der Waals surface area contributed by atoms with Crippen molar-refractivity contribution in [3.05, 3.63) is 35.9 Å². The Kier molecular flexibility index (Phi) is 4.66. The van der Waals surface area contributed by atoms with Gasteiger partial charge in [-0.05, 0) is 25.3 Å². The maximum atomic E-state index is 12.1. The van der Waals surface area contributed by atoms with Gasteiger partial charge in [0.15, 0.2) is 0 Å². The summed E-state index contributed by atoms with van der Waals surface area (Å²) in [5.41, 5.74) is 0.349. The van der Waals surface area contributed by atoms with Crippen LogP contribution in [0.3, 0.4) is 0 Å². The van der Waals surface area contributed by atoms with Gasteiger partial charge in [0.25, 0.3) is 0 Å². The van der Waals surface area contributed by atoms with Crippen LogP contribution in [0.1, 0.15) is 51.0 Å². The molecule has 0 aromatic heterocycles. The summed E-state index contributed by atoms with van der Waals surface area (Å²) in [5.74, 6) is -0.808. The topological polar surface area (TPSA) is 66.4 Å². The first kappa shape index (κ1) is 15.5. The molecule has 0 bridgehead atoms. The van der Waals surface area contributed by atoms with Crippen LogP contribution in [0.2, 0.25) is 0 Å². The predicted octanol–water partition coefficient (Wildman–Crippen LogP) is 2.94. The van der Waals surface area contributed by atoms with Crippen LogP contribution >= 0.6 is 0 Å². The van der Waals surface area contributed by atoms with Crippen molar-refractivity contribution in [2.24, 2.45) is 5.41 Å². The van der Waals surface area contributed by atoms with Gasteiger partial charge in [0, 0.05) is 18.4 Å². The quantitative estimate of drug-likeness (QED) is 0.846. The summed E-state index contributed by atoms with van der Waals surface area (Å²) < 4.78 is 0. The van der Waals surface area contributed by atoms with Crippen LogP contribution in [0.25, 0.3) is 0 Å².